The number of aromatic nitrogens is 2. The molecule has 7 atom stereocenters. The van der Waals surface area contributed by atoms with Gasteiger partial charge in [0.25, 0.3) is 0 Å². The van der Waals surface area contributed by atoms with Gasteiger partial charge in [-0.2, -0.15) is 10.1 Å². The molecule has 4 aromatic carbocycles. The van der Waals surface area contributed by atoms with Gasteiger partial charge in [0.15, 0.2) is 0 Å². The van der Waals surface area contributed by atoms with Crippen molar-refractivity contribution >= 4 is 68.2 Å². The van der Waals surface area contributed by atoms with Crippen molar-refractivity contribution in [2.45, 2.75) is 103 Å². The summed E-state index contributed by atoms with van der Waals surface area (Å²) in [5, 5.41) is 36.6. The molecule has 5 aliphatic heterocycles. The minimum atomic E-state index is -0.688. The number of hydrogen-bond acceptors (Lipinski definition) is 14. The lowest BCUT2D eigenvalue weighted by molar-refractivity contribution is -0.203. The molecule has 396 valence electrons. The average molecular weight is 1030 g/mol. The molecule has 1 unspecified atom stereocenters. The fraction of sp³-hybridized carbons (Fsp3) is 0.400. The normalized spacial score (nSPS) is 24.9. The van der Waals surface area contributed by atoms with E-state index in [0.717, 1.165) is 63.4 Å². The number of para-hydroxylation sites is 2. The van der Waals surface area contributed by atoms with Crippen LogP contribution in [0.3, 0.4) is 0 Å². The lowest BCUT2D eigenvalue weighted by atomic mass is 9.69. The second-order valence-electron chi connectivity index (χ2n) is 20.8. The maximum Gasteiger partial charge on any atom is 0.339 e. The number of benzene rings is 4. The van der Waals surface area contributed by atoms with Gasteiger partial charge in [-0.15, -0.1) is 0 Å². The zero-order valence-electron chi connectivity index (χ0n) is 43.9. The SMILES string of the molecule is CCOC(=O)c1ccc(NC2c3cc(C(=O)OCC)ccc3N[C@H](Cc3c4n(c5ccccc35)[C@H]3N(O)CCC[C@@]3(CC)C=C4C(=O)OC)[C@H]2c2c3n(c4ccccc24)[C@H]2N(O)CCC[C@@]2(CC)C=C3C(=O)OC)cc1. The van der Waals surface area contributed by atoms with Crippen LogP contribution in [0.25, 0.3) is 33.0 Å². The molecule has 0 amide bonds. The summed E-state index contributed by atoms with van der Waals surface area (Å²) in [4.78, 5) is 55.9. The van der Waals surface area contributed by atoms with E-state index in [0.29, 0.717) is 78.1 Å². The number of nitrogens with zero attached hydrogens (tertiary/aromatic N) is 4. The van der Waals surface area contributed by atoms with Crippen molar-refractivity contribution in [1.82, 2.24) is 19.3 Å². The minimum Gasteiger partial charge on any atom is -0.465 e. The Morgan fingerprint density at radius 1 is 0.658 bits per heavy atom. The molecule has 2 fully saturated rings. The molecule has 0 spiro atoms. The highest BCUT2D eigenvalue weighted by Gasteiger charge is 2.53. The van der Waals surface area contributed by atoms with E-state index in [1.165, 1.54) is 24.3 Å². The van der Waals surface area contributed by atoms with Gasteiger partial charge in [0.2, 0.25) is 0 Å². The van der Waals surface area contributed by atoms with Crippen molar-refractivity contribution in [3.63, 3.8) is 0 Å². The highest BCUT2D eigenvalue weighted by Crippen LogP contribution is 2.59. The molecule has 16 heteroatoms. The van der Waals surface area contributed by atoms with Gasteiger partial charge < -0.3 is 49.1 Å². The number of esters is 4. The van der Waals surface area contributed by atoms with Crippen LogP contribution in [-0.2, 0) is 35.0 Å². The third kappa shape index (κ3) is 8.02. The molecular weight excluding hydrogens is 965 g/mol. The number of carbonyl (C=O) groups excluding carboxylic acids is 4. The molecule has 6 aromatic rings. The van der Waals surface area contributed by atoms with Crippen molar-refractivity contribution in [1.29, 1.82) is 0 Å². The molecule has 11 rings (SSSR count). The number of nitrogens with one attached hydrogen (secondary N) is 2. The Morgan fingerprint density at radius 2 is 1.18 bits per heavy atom. The highest BCUT2D eigenvalue weighted by atomic mass is 16.5. The van der Waals surface area contributed by atoms with Gasteiger partial charge in [0.1, 0.15) is 12.3 Å². The quantitative estimate of drug-likeness (QED) is 0.0632. The first-order valence-corrected chi connectivity index (χ1v) is 26.8. The molecule has 0 saturated carbocycles. The van der Waals surface area contributed by atoms with Crippen LogP contribution in [0.15, 0.2) is 103 Å². The highest BCUT2D eigenvalue weighted by molar-refractivity contribution is 6.19. The second-order valence-corrected chi connectivity index (χ2v) is 20.8. The fourth-order valence-corrected chi connectivity index (χ4v) is 13.8. The van der Waals surface area contributed by atoms with Crippen LogP contribution in [0.4, 0.5) is 11.4 Å². The van der Waals surface area contributed by atoms with Crippen LogP contribution in [0.1, 0.15) is 139 Å². The van der Waals surface area contributed by atoms with Crippen molar-refractivity contribution < 1.29 is 48.5 Å². The Hall–Kier alpha value is -7.24. The van der Waals surface area contributed by atoms with Crippen molar-refractivity contribution in [3.05, 3.63) is 142 Å². The molecule has 16 nitrogen and oxygen atoms in total. The van der Waals surface area contributed by atoms with E-state index in [2.05, 4.69) is 45.7 Å². The predicted molar refractivity (Wildman–Crippen MR) is 288 cm³/mol. The van der Waals surface area contributed by atoms with Gasteiger partial charge in [0.05, 0.1) is 78.2 Å². The summed E-state index contributed by atoms with van der Waals surface area (Å²) in [5.41, 5.74) is 6.98. The number of fused-ring (bicyclic) bond motifs is 11. The van der Waals surface area contributed by atoms with E-state index in [1.54, 1.807) is 32.0 Å². The summed E-state index contributed by atoms with van der Waals surface area (Å²) in [7, 11) is 2.79. The molecule has 4 N–H and O–H groups in total. The van der Waals surface area contributed by atoms with Gasteiger partial charge in [-0.3, -0.25) is 0 Å². The number of hydroxylamine groups is 4. The molecule has 2 saturated heterocycles. The molecule has 5 aliphatic rings. The van der Waals surface area contributed by atoms with E-state index in [-0.39, 0.29) is 13.2 Å². The Bertz CT molecular complexity index is 3360. The van der Waals surface area contributed by atoms with E-state index in [1.807, 2.05) is 72.8 Å². The van der Waals surface area contributed by atoms with E-state index in [4.69, 9.17) is 18.9 Å². The van der Waals surface area contributed by atoms with Gasteiger partial charge in [0, 0.05) is 58.0 Å². The van der Waals surface area contributed by atoms with Gasteiger partial charge in [-0.1, -0.05) is 62.4 Å². The topological polar surface area (TPSA) is 186 Å². The first-order chi connectivity index (χ1) is 36.9. The summed E-state index contributed by atoms with van der Waals surface area (Å²) in [5.74, 6) is -2.58. The lowest BCUT2D eigenvalue weighted by Crippen LogP contribution is -2.49. The lowest BCUT2D eigenvalue weighted by Gasteiger charge is -2.50. The van der Waals surface area contributed by atoms with E-state index in [9.17, 15) is 29.6 Å². The van der Waals surface area contributed by atoms with Crippen LogP contribution < -0.4 is 10.6 Å². The predicted octanol–water partition coefficient (Wildman–Crippen LogP) is 10.8. The number of ether oxygens (including phenoxy) is 4. The third-order valence-corrected chi connectivity index (χ3v) is 17.1. The van der Waals surface area contributed by atoms with Crippen LogP contribution in [0.2, 0.25) is 0 Å². The van der Waals surface area contributed by atoms with E-state index >= 15 is 0 Å². The Morgan fingerprint density at radius 3 is 1.76 bits per heavy atom. The standard InChI is InChI=1S/C60H66N6O10/c1-7-59-27-15-29-63(71)57(59)65-46-19-13-11-17-38(46)40(51(65)42(33-59)55(69)73-5)32-45-49(48-39-18-12-14-20-47(39)66-52(48)43(56(70)74-6)34-60(8-2)28-16-30-64(72)58(60)66)50(61-37-24-21-35(22-25-37)53(67)75-9-3)41-31-36(54(68)76-10-4)23-26-44(41)62-45/h11-14,17-26,31,33-34,45,49-50,57-58,61-62,71-72H,7-10,15-16,27-30,32H2,1-6H3/t45-,49+,50?,57-,58-,59+,60+/m1/s1. The Balaban J connectivity index is 1.22. The summed E-state index contributed by atoms with van der Waals surface area (Å²) in [6.07, 6.45) is 7.50. The maximum absolute atomic E-state index is 14.7. The second kappa shape index (κ2) is 20.0. The summed E-state index contributed by atoms with van der Waals surface area (Å²) in [6.45, 7) is 8.99. The molecule has 0 bridgehead atoms. The van der Waals surface area contributed by atoms with Crippen molar-refractivity contribution in [3.8, 4) is 0 Å². The zero-order valence-corrected chi connectivity index (χ0v) is 43.9. The van der Waals surface area contributed by atoms with Crippen LogP contribution in [0, 0.1) is 10.8 Å². The van der Waals surface area contributed by atoms with E-state index < -0.39 is 65.0 Å². The molecule has 0 aliphatic carbocycles. The summed E-state index contributed by atoms with van der Waals surface area (Å²) < 4.78 is 26.6. The fourth-order valence-electron chi connectivity index (χ4n) is 13.8. The summed E-state index contributed by atoms with van der Waals surface area (Å²) >= 11 is 0. The van der Waals surface area contributed by atoms with Gasteiger partial charge >= 0.3 is 23.9 Å². The smallest absolute Gasteiger partial charge is 0.339 e. The molecule has 76 heavy (non-hydrogen) atoms. The van der Waals surface area contributed by atoms with Gasteiger partial charge in [-0.05, 0) is 130 Å². The molecule has 7 heterocycles. The number of hydrogen-bond donors (Lipinski definition) is 4. The van der Waals surface area contributed by atoms with Crippen LogP contribution in [-0.4, -0.2) is 100 Å². The number of carbonyl (C=O) groups is 4. The average Bonchev–Trinajstić information content (AvgIpc) is 3.95. The first-order valence-electron chi connectivity index (χ1n) is 26.8. The Kier molecular flexibility index (Phi) is 13.4. The monoisotopic (exact) mass is 1030 g/mol. The number of piperidine rings is 2. The molecule has 0 radical (unpaired) electrons. The largest absolute Gasteiger partial charge is 0.465 e. The molecular formula is C60H66N6O10. The van der Waals surface area contributed by atoms with Crippen LogP contribution in [0.5, 0.6) is 0 Å². The number of anilines is 2. The zero-order chi connectivity index (χ0) is 53.2. The van der Waals surface area contributed by atoms with Gasteiger partial charge in [-0.25, -0.2) is 19.2 Å². The van der Waals surface area contributed by atoms with Crippen molar-refractivity contribution in [2.24, 2.45) is 10.8 Å². The van der Waals surface area contributed by atoms with Crippen LogP contribution >= 0.6 is 0 Å². The maximum atomic E-state index is 14.7. The van der Waals surface area contributed by atoms with Crippen molar-refractivity contribution in [2.75, 3.05) is 51.2 Å². The number of rotatable bonds is 13. The third-order valence-electron chi connectivity index (χ3n) is 17.1. The summed E-state index contributed by atoms with van der Waals surface area (Å²) in [6, 6.07) is 27.5. The Labute approximate surface area is 441 Å². The molecule has 2 aromatic heterocycles. The minimum absolute atomic E-state index is 0.174. The first kappa shape index (κ1) is 50.9. The number of methoxy groups -OCH3 is 2.